The highest BCUT2D eigenvalue weighted by atomic mass is 32.1. The van der Waals surface area contributed by atoms with Crippen molar-refractivity contribution in [2.24, 2.45) is 0 Å². The number of nitriles is 1. The van der Waals surface area contributed by atoms with Gasteiger partial charge in [-0.25, -0.2) is 10.1 Å². The van der Waals surface area contributed by atoms with E-state index in [-0.39, 0.29) is 5.70 Å². The first kappa shape index (κ1) is 22.5. The van der Waals surface area contributed by atoms with Crippen LogP contribution in [0.4, 0.5) is 0 Å². The highest BCUT2D eigenvalue weighted by Crippen LogP contribution is 2.41. The topological polar surface area (TPSA) is 33.1 Å². The predicted molar refractivity (Wildman–Crippen MR) is 162 cm³/mol. The van der Waals surface area contributed by atoms with Crippen LogP contribution in [0.25, 0.3) is 69.0 Å². The Kier molecular flexibility index (Phi) is 5.16. The van der Waals surface area contributed by atoms with E-state index in [9.17, 15) is 0 Å². The lowest BCUT2D eigenvalue weighted by Gasteiger charge is -2.08. The third-order valence-corrected chi connectivity index (χ3v) is 9.13. The summed E-state index contributed by atoms with van der Waals surface area (Å²) in [7, 11) is 0. The first-order valence-corrected chi connectivity index (χ1v) is 13.8. The maximum absolute atomic E-state index is 9.09. The zero-order valence-corrected chi connectivity index (χ0v) is 22.0. The molecular weight excluding hydrogens is 503 g/mol. The number of aromatic nitrogens is 1. The van der Waals surface area contributed by atoms with Crippen molar-refractivity contribution in [3.63, 3.8) is 0 Å². The molecule has 0 aliphatic heterocycles. The Morgan fingerprint density at radius 1 is 0.842 bits per heavy atom. The third-order valence-electron chi connectivity index (χ3n) is 6.94. The summed E-state index contributed by atoms with van der Waals surface area (Å²) in [4.78, 5) is 5.46. The standard InChI is InChI=1S/C33H19N3S2/c1-20-7-10-25(11-8-20)36-29-6-4-3-5-27(29)28-14-21(9-12-30(28)36)31-16-23-17-32-22(15-33(23)38-31)13-26(37-32)18-24(19-34)35-2/h3-18H,1H3/b24-18-. The summed E-state index contributed by atoms with van der Waals surface area (Å²) in [6, 6.07) is 34.9. The Labute approximate surface area is 227 Å². The molecule has 0 radical (unpaired) electrons. The van der Waals surface area contributed by atoms with E-state index >= 15 is 0 Å². The molecule has 38 heavy (non-hydrogen) atoms. The normalized spacial score (nSPS) is 11.9. The molecule has 3 nitrogen and oxygen atoms in total. The highest BCUT2D eigenvalue weighted by molar-refractivity contribution is 7.23. The van der Waals surface area contributed by atoms with Crippen LogP contribution in [0.3, 0.4) is 0 Å². The van der Waals surface area contributed by atoms with E-state index in [1.165, 1.54) is 53.6 Å². The number of hydrogen-bond donors (Lipinski definition) is 0. The second kappa shape index (κ2) is 8.71. The fourth-order valence-corrected chi connectivity index (χ4v) is 7.25. The molecule has 7 rings (SSSR count). The Morgan fingerprint density at radius 3 is 2.37 bits per heavy atom. The van der Waals surface area contributed by atoms with Crippen molar-refractivity contribution >= 4 is 70.7 Å². The third kappa shape index (κ3) is 3.61. The van der Waals surface area contributed by atoms with Gasteiger partial charge in [0.05, 0.1) is 23.7 Å². The van der Waals surface area contributed by atoms with E-state index in [0.717, 1.165) is 15.0 Å². The lowest BCUT2D eigenvalue weighted by Crippen LogP contribution is -1.93. The van der Waals surface area contributed by atoms with Crippen molar-refractivity contribution in [3.8, 4) is 22.2 Å². The number of aryl methyl sites for hydroxylation is 1. The number of benzene rings is 4. The summed E-state index contributed by atoms with van der Waals surface area (Å²) in [5.41, 5.74) is 6.17. The molecule has 0 bridgehead atoms. The predicted octanol–water partition coefficient (Wildman–Crippen LogP) is 9.97. The fourth-order valence-electron chi connectivity index (χ4n) is 5.13. The van der Waals surface area contributed by atoms with Crippen LogP contribution in [0.15, 0.2) is 96.7 Å². The number of nitrogens with zero attached hydrogens (tertiary/aromatic N) is 3. The molecule has 5 heteroatoms. The molecule has 0 fully saturated rings. The van der Waals surface area contributed by atoms with Gasteiger partial charge in [-0.05, 0) is 83.9 Å². The summed E-state index contributed by atoms with van der Waals surface area (Å²) >= 11 is 3.41. The van der Waals surface area contributed by atoms with Gasteiger partial charge in [0.15, 0.2) is 0 Å². The van der Waals surface area contributed by atoms with Crippen LogP contribution >= 0.6 is 22.7 Å². The molecule has 178 valence electrons. The van der Waals surface area contributed by atoms with Crippen LogP contribution in [-0.4, -0.2) is 4.57 Å². The zero-order valence-electron chi connectivity index (χ0n) is 20.4. The SMILES string of the molecule is [C-]#[N+]/C(C#N)=C\c1cc2cc3sc(-c4ccc5c(c4)c4ccccc4n5-c4ccc(C)cc4)cc3cc2s1. The Morgan fingerprint density at radius 2 is 1.58 bits per heavy atom. The van der Waals surface area contributed by atoms with E-state index < -0.39 is 0 Å². The summed E-state index contributed by atoms with van der Waals surface area (Å²) in [5, 5.41) is 13.9. The minimum atomic E-state index is 0.111. The number of hydrogen-bond acceptors (Lipinski definition) is 3. The van der Waals surface area contributed by atoms with Gasteiger partial charge in [-0.15, -0.1) is 22.7 Å². The van der Waals surface area contributed by atoms with Crippen LogP contribution in [0.1, 0.15) is 10.4 Å². The second-order valence-electron chi connectivity index (χ2n) is 9.36. The van der Waals surface area contributed by atoms with E-state index in [4.69, 9.17) is 11.8 Å². The quantitative estimate of drug-likeness (QED) is 0.168. The van der Waals surface area contributed by atoms with Crippen molar-refractivity contribution in [1.82, 2.24) is 4.57 Å². The molecule has 7 aromatic rings. The summed E-state index contributed by atoms with van der Waals surface area (Å²) in [6.45, 7) is 9.25. The second-order valence-corrected chi connectivity index (χ2v) is 11.6. The lowest BCUT2D eigenvalue weighted by atomic mass is 10.1. The fraction of sp³-hybridized carbons (Fsp3) is 0.0303. The molecule has 0 aliphatic carbocycles. The Hall–Kier alpha value is -4.68. The Balaban J connectivity index is 1.36. The first-order valence-electron chi connectivity index (χ1n) is 12.2. The van der Waals surface area contributed by atoms with Crippen LogP contribution in [0.2, 0.25) is 0 Å². The van der Waals surface area contributed by atoms with Gasteiger partial charge in [0.1, 0.15) is 0 Å². The number of para-hydroxylation sites is 1. The molecule has 0 atom stereocenters. The van der Waals surface area contributed by atoms with Crippen LogP contribution in [-0.2, 0) is 0 Å². The zero-order chi connectivity index (χ0) is 25.8. The molecule has 3 aromatic heterocycles. The molecule has 0 saturated carbocycles. The monoisotopic (exact) mass is 521 g/mol. The molecular formula is C33H19N3S2. The van der Waals surface area contributed by atoms with E-state index in [0.29, 0.717) is 0 Å². The van der Waals surface area contributed by atoms with Crippen LogP contribution in [0, 0.1) is 24.8 Å². The smallest absolute Gasteiger partial charge is 0.263 e. The van der Waals surface area contributed by atoms with Crippen molar-refractivity contribution in [2.45, 2.75) is 6.92 Å². The molecule has 0 aliphatic rings. The van der Waals surface area contributed by atoms with Crippen molar-refractivity contribution in [3.05, 3.63) is 119 Å². The van der Waals surface area contributed by atoms with E-state index in [2.05, 4.69) is 107 Å². The number of thiophene rings is 2. The van der Waals surface area contributed by atoms with Gasteiger partial charge in [0, 0.05) is 35.6 Å². The van der Waals surface area contributed by atoms with Crippen molar-refractivity contribution in [1.29, 1.82) is 5.26 Å². The number of fused-ring (bicyclic) bond motifs is 5. The molecule has 0 unspecified atom stereocenters. The molecule has 0 N–H and O–H groups in total. The average Bonchev–Trinajstić information content (AvgIpc) is 3.63. The van der Waals surface area contributed by atoms with Gasteiger partial charge in [-0.3, -0.25) is 0 Å². The number of allylic oxidation sites excluding steroid dienone is 1. The van der Waals surface area contributed by atoms with Gasteiger partial charge >= 0.3 is 0 Å². The molecule has 0 saturated heterocycles. The molecule has 0 spiro atoms. The minimum absolute atomic E-state index is 0.111. The summed E-state index contributed by atoms with van der Waals surface area (Å²) in [6.07, 6.45) is 1.67. The van der Waals surface area contributed by atoms with Crippen molar-refractivity contribution in [2.75, 3.05) is 0 Å². The summed E-state index contributed by atoms with van der Waals surface area (Å²) in [5.74, 6) is 0. The summed E-state index contributed by atoms with van der Waals surface area (Å²) < 4.78 is 4.74. The van der Waals surface area contributed by atoms with Gasteiger partial charge in [-0.2, -0.15) is 0 Å². The Bertz CT molecular complexity index is 2090. The van der Waals surface area contributed by atoms with E-state index in [1.807, 2.05) is 6.07 Å². The molecule has 0 amide bonds. The van der Waals surface area contributed by atoms with E-state index in [1.54, 1.807) is 28.7 Å². The number of rotatable bonds is 3. The molecule has 4 aromatic carbocycles. The van der Waals surface area contributed by atoms with Crippen molar-refractivity contribution < 1.29 is 0 Å². The maximum atomic E-state index is 9.09. The van der Waals surface area contributed by atoms with Gasteiger partial charge < -0.3 is 4.57 Å². The van der Waals surface area contributed by atoms with Gasteiger partial charge in [-0.1, -0.05) is 42.0 Å². The lowest BCUT2D eigenvalue weighted by molar-refractivity contribution is 1.17. The van der Waals surface area contributed by atoms with Gasteiger partial charge in [0.25, 0.3) is 5.70 Å². The first-order chi connectivity index (χ1) is 18.6. The highest BCUT2D eigenvalue weighted by Gasteiger charge is 2.14. The minimum Gasteiger partial charge on any atom is -0.309 e. The average molecular weight is 522 g/mol. The van der Waals surface area contributed by atoms with Crippen LogP contribution in [0.5, 0.6) is 0 Å². The van der Waals surface area contributed by atoms with Gasteiger partial charge in [0.2, 0.25) is 0 Å². The molecule has 3 heterocycles. The van der Waals surface area contributed by atoms with Crippen LogP contribution < -0.4 is 0 Å². The largest absolute Gasteiger partial charge is 0.309 e. The maximum Gasteiger partial charge on any atom is 0.263 e.